The summed E-state index contributed by atoms with van der Waals surface area (Å²) in [5, 5.41) is 0. The van der Waals surface area contributed by atoms with Crippen molar-refractivity contribution in [2.75, 3.05) is 14.2 Å². The second-order valence-electron chi connectivity index (χ2n) is 2.80. The zero-order valence-corrected chi connectivity index (χ0v) is 6.51. The van der Waals surface area contributed by atoms with Crippen LogP contribution in [0.3, 0.4) is 0 Å². The maximum absolute atomic E-state index is 10.8. The number of ether oxygens (including phenoxy) is 2. The van der Waals surface area contributed by atoms with E-state index in [1.165, 1.54) is 7.11 Å². The standard InChI is InChI=1S/C7H12O3/c1-7(10-3)4-5(7)6(8)9-2/h5H,4H2,1-3H3. The molecule has 0 amide bonds. The third kappa shape index (κ3) is 1.01. The number of rotatable bonds is 2. The molecule has 10 heavy (non-hydrogen) atoms. The summed E-state index contributed by atoms with van der Waals surface area (Å²) in [6.45, 7) is 1.91. The molecule has 1 rings (SSSR count). The molecule has 1 aliphatic rings. The maximum Gasteiger partial charge on any atom is 0.311 e. The summed E-state index contributed by atoms with van der Waals surface area (Å²) < 4.78 is 9.64. The number of hydrogen-bond acceptors (Lipinski definition) is 3. The molecule has 0 aromatic carbocycles. The third-order valence-corrected chi connectivity index (χ3v) is 2.14. The molecule has 2 atom stereocenters. The topological polar surface area (TPSA) is 35.5 Å². The molecule has 0 heterocycles. The molecule has 0 aromatic rings. The molecule has 2 unspecified atom stereocenters. The van der Waals surface area contributed by atoms with E-state index in [1.54, 1.807) is 7.11 Å². The number of hydrogen-bond donors (Lipinski definition) is 0. The van der Waals surface area contributed by atoms with Gasteiger partial charge in [-0.2, -0.15) is 0 Å². The van der Waals surface area contributed by atoms with Crippen molar-refractivity contribution in [3.05, 3.63) is 0 Å². The lowest BCUT2D eigenvalue weighted by Gasteiger charge is -2.05. The van der Waals surface area contributed by atoms with Gasteiger partial charge in [0, 0.05) is 7.11 Å². The SMILES string of the molecule is COC(=O)C1CC1(C)OC. The Bertz CT molecular complexity index is 155. The lowest BCUT2D eigenvalue weighted by atomic mass is 10.3. The van der Waals surface area contributed by atoms with Crippen LogP contribution in [0.5, 0.6) is 0 Å². The summed E-state index contributed by atoms with van der Waals surface area (Å²) in [6.07, 6.45) is 0.788. The van der Waals surface area contributed by atoms with E-state index in [2.05, 4.69) is 4.74 Å². The van der Waals surface area contributed by atoms with Crippen LogP contribution in [0.15, 0.2) is 0 Å². The largest absolute Gasteiger partial charge is 0.469 e. The Labute approximate surface area is 60.3 Å². The Balaban J connectivity index is 2.44. The Morgan fingerprint density at radius 2 is 2.20 bits per heavy atom. The first-order valence-corrected chi connectivity index (χ1v) is 3.27. The normalized spacial score (nSPS) is 37.3. The number of methoxy groups -OCH3 is 2. The Kier molecular flexibility index (Phi) is 1.68. The predicted molar refractivity (Wildman–Crippen MR) is 35.5 cm³/mol. The zero-order chi connectivity index (χ0) is 7.78. The summed E-state index contributed by atoms with van der Waals surface area (Å²) in [6, 6.07) is 0. The minimum Gasteiger partial charge on any atom is -0.469 e. The molecule has 0 radical (unpaired) electrons. The van der Waals surface area contributed by atoms with E-state index in [0.717, 1.165) is 6.42 Å². The molecule has 0 N–H and O–H groups in total. The first-order chi connectivity index (χ1) is 4.64. The van der Waals surface area contributed by atoms with E-state index < -0.39 is 0 Å². The molecule has 58 valence electrons. The molecule has 1 fully saturated rings. The fraction of sp³-hybridized carbons (Fsp3) is 0.857. The summed E-state index contributed by atoms with van der Waals surface area (Å²) in [4.78, 5) is 10.8. The zero-order valence-electron chi connectivity index (χ0n) is 6.51. The van der Waals surface area contributed by atoms with Gasteiger partial charge in [-0.25, -0.2) is 0 Å². The van der Waals surface area contributed by atoms with Crippen LogP contribution in [-0.2, 0) is 14.3 Å². The predicted octanol–water partition coefficient (Wildman–Crippen LogP) is 0.584. The molecule has 0 aromatic heterocycles. The lowest BCUT2D eigenvalue weighted by molar-refractivity contribution is -0.144. The fourth-order valence-corrected chi connectivity index (χ4v) is 1.05. The van der Waals surface area contributed by atoms with Crippen LogP contribution in [0, 0.1) is 5.92 Å². The van der Waals surface area contributed by atoms with Crippen LogP contribution in [0.2, 0.25) is 0 Å². The van der Waals surface area contributed by atoms with Gasteiger partial charge in [0.25, 0.3) is 0 Å². The van der Waals surface area contributed by atoms with Gasteiger partial charge in [-0.3, -0.25) is 4.79 Å². The van der Waals surface area contributed by atoms with E-state index in [4.69, 9.17) is 4.74 Å². The highest BCUT2D eigenvalue weighted by Gasteiger charge is 2.56. The summed E-state index contributed by atoms with van der Waals surface area (Å²) in [5.74, 6) is -0.202. The van der Waals surface area contributed by atoms with Crippen molar-refractivity contribution in [3.8, 4) is 0 Å². The Morgan fingerprint density at radius 1 is 1.60 bits per heavy atom. The Hall–Kier alpha value is -0.570. The first kappa shape index (κ1) is 7.54. The molecule has 1 saturated carbocycles. The third-order valence-electron chi connectivity index (χ3n) is 2.14. The van der Waals surface area contributed by atoms with Crippen LogP contribution in [-0.4, -0.2) is 25.8 Å². The van der Waals surface area contributed by atoms with Crippen molar-refractivity contribution >= 4 is 5.97 Å². The Morgan fingerprint density at radius 3 is 2.50 bits per heavy atom. The van der Waals surface area contributed by atoms with Gasteiger partial charge in [0.2, 0.25) is 0 Å². The van der Waals surface area contributed by atoms with Gasteiger partial charge in [-0.15, -0.1) is 0 Å². The van der Waals surface area contributed by atoms with Gasteiger partial charge in [0.1, 0.15) is 0 Å². The van der Waals surface area contributed by atoms with Crippen molar-refractivity contribution in [1.82, 2.24) is 0 Å². The van der Waals surface area contributed by atoms with Gasteiger partial charge >= 0.3 is 5.97 Å². The second-order valence-corrected chi connectivity index (χ2v) is 2.80. The molecule has 3 heteroatoms. The van der Waals surface area contributed by atoms with Gasteiger partial charge < -0.3 is 9.47 Å². The average Bonchev–Trinajstić information content (AvgIpc) is 2.62. The van der Waals surface area contributed by atoms with Crippen LogP contribution >= 0.6 is 0 Å². The van der Waals surface area contributed by atoms with Gasteiger partial charge in [-0.05, 0) is 13.3 Å². The van der Waals surface area contributed by atoms with Gasteiger partial charge in [-0.1, -0.05) is 0 Å². The van der Waals surface area contributed by atoms with Crippen LogP contribution < -0.4 is 0 Å². The van der Waals surface area contributed by atoms with Crippen molar-refractivity contribution in [2.24, 2.45) is 5.92 Å². The maximum atomic E-state index is 10.8. The van der Waals surface area contributed by atoms with Crippen LogP contribution in [0.1, 0.15) is 13.3 Å². The lowest BCUT2D eigenvalue weighted by Crippen LogP contribution is -2.16. The molecule has 0 bridgehead atoms. The van der Waals surface area contributed by atoms with Gasteiger partial charge in [0.15, 0.2) is 0 Å². The highest BCUT2D eigenvalue weighted by Crippen LogP contribution is 2.46. The molecule has 3 nitrogen and oxygen atoms in total. The molecule has 0 spiro atoms. The minimum absolute atomic E-state index is 0.0394. The fourth-order valence-electron chi connectivity index (χ4n) is 1.05. The van der Waals surface area contributed by atoms with Crippen LogP contribution in [0.4, 0.5) is 0 Å². The van der Waals surface area contributed by atoms with E-state index in [9.17, 15) is 4.79 Å². The van der Waals surface area contributed by atoms with E-state index in [-0.39, 0.29) is 17.5 Å². The molecular weight excluding hydrogens is 132 g/mol. The summed E-state index contributed by atoms with van der Waals surface area (Å²) in [5.41, 5.74) is -0.243. The van der Waals surface area contributed by atoms with E-state index in [0.29, 0.717) is 0 Å². The average molecular weight is 144 g/mol. The number of esters is 1. The smallest absolute Gasteiger partial charge is 0.311 e. The highest BCUT2D eigenvalue weighted by molar-refractivity contribution is 5.77. The second kappa shape index (κ2) is 2.23. The quantitative estimate of drug-likeness (QED) is 0.532. The van der Waals surface area contributed by atoms with E-state index in [1.807, 2.05) is 6.92 Å². The number of carbonyl (C=O) groups excluding carboxylic acids is 1. The van der Waals surface area contributed by atoms with Crippen molar-refractivity contribution in [3.63, 3.8) is 0 Å². The van der Waals surface area contributed by atoms with E-state index >= 15 is 0 Å². The summed E-state index contributed by atoms with van der Waals surface area (Å²) >= 11 is 0. The monoisotopic (exact) mass is 144 g/mol. The first-order valence-electron chi connectivity index (χ1n) is 3.27. The van der Waals surface area contributed by atoms with Crippen molar-refractivity contribution in [2.45, 2.75) is 18.9 Å². The highest BCUT2D eigenvalue weighted by atomic mass is 16.5. The molecular formula is C7H12O3. The van der Waals surface area contributed by atoms with Crippen LogP contribution in [0.25, 0.3) is 0 Å². The molecule has 0 aliphatic heterocycles. The molecule has 0 saturated heterocycles. The summed E-state index contributed by atoms with van der Waals surface area (Å²) in [7, 11) is 3.01. The minimum atomic E-state index is -0.243. The molecule has 1 aliphatic carbocycles. The van der Waals surface area contributed by atoms with Crippen molar-refractivity contribution in [1.29, 1.82) is 0 Å². The van der Waals surface area contributed by atoms with Gasteiger partial charge in [0.05, 0.1) is 18.6 Å². The number of carbonyl (C=O) groups is 1. The van der Waals surface area contributed by atoms with Crippen molar-refractivity contribution < 1.29 is 14.3 Å².